The number of benzene rings is 2. The van der Waals surface area contributed by atoms with Crippen LogP contribution in [-0.2, 0) is 26.2 Å². The Balaban J connectivity index is 2.19. The molecule has 1 atom stereocenters. The largest absolute Gasteiger partial charge is 0.497 e. The number of anilines is 1. The first-order valence-corrected chi connectivity index (χ1v) is 13.0. The fourth-order valence-electron chi connectivity index (χ4n) is 3.73. The van der Waals surface area contributed by atoms with E-state index in [0.29, 0.717) is 17.9 Å². The zero-order valence-electron chi connectivity index (χ0n) is 20.8. The van der Waals surface area contributed by atoms with Crippen LogP contribution in [0.1, 0.15) is 36.5 Å². The van der Waals surface area contributed by atoms with Gasteiger partial charge in [-0.25, -0.2) is 8.42 Å². The predicted octanol–water partition coefficient (Wildman–Crippen LogP) is 3.02. The number of nitrogens with one attached hydrogen (secondary N) is 1. The monoisotopic (exact) mass is 489 g/mol. The van der Waals surface area contributed by atoms with Gasteiger partial charge in [0.15, 0.2) is 0 Å². The van der Waals surface area contributed by atoms with Crippen molar-refractivity contribution in [1.82, 2.24) is 10.2 Å². The number of rotatable bonds is 11. The van der Waals surface area contributed by atoms with Crippen molar-refractivity contribution in [3.63, 3.8) is 0 Å². The summed E-state index contributed by atoms with van der Waals surface area (Å²) in [7, 11) is -0.438. The van der Waals surface area contributed by atoms with Crippen molar-refractivity contribution in [3.8, 4) is 5.75 Å². The fourth-order valence-corrected chi connectivity index (χ4v) is 4.74. The number of hydrogen-bond donors (Lipinski definition) is 1. The summed E-state index contributed by atoms with van der Waals surface area (Å²) in [5.74, 6) is 0.160. The van der Waals surface area contributed by atoms with E-state index >= 15 is 0 Å². The summed E-state index contributed by atoms with van der Waals surface area (Å²) in [6.45, 7) is 5.84. The van der Waals surface area contributed by atoms with Gasteiger partial charge in [-0.15, -0.1) is 0 Å². The molecule has 1 N–H and O–H groups in total. The average molecular weight is 490 g/mol. The highest BCUT2D eigenvalue weighted by Gasteiger charge is 2.26. The molecule has 0 aliphatic heterocycles. The predicted molar refractivity (Wildman–Crippen MR) is 134 cm³/mol. The summed E-state index contributed by atoms with van der Waals surface area (Å²) in [4.78, 5) is 27.0. The van der Waals surface area contributed by atoms with Crippen LogP contribution in [0.15, 0.2) is 42.5 Å². The van der Waals surface area contributed by atoms with Crippen molar-refractivity contribution in [2.75, 3.05) is 31.3 Å². The van der Waals surface area contributed by atoms with E-state index in [-0.39, 0.29) is 31.3 Å². The van der Waals surface area contributed by atoms with E-state index in [1.165, 1.54) is 22.5 Å². The van der Waals surface area contributed by atoms with E-state index in [1.54, 1.807) is 14.0 Å². The molecule has 2 aromatic rings. The second kappa shape index (κ2) is 11.9. The molecule has 8 nitrogen and oxygen atoms in total. The number of aryl methyl sites for hydroxylation is 2. The second-order valence-corrected chi connectivity index (χ2v) is 10.3. The molecule has 0 radical (unpaired) electrons. The molecule has 0 bridgehead atoms. The number of amides is 2. The van der Waals surface area contributed by atoms with Crippen LogP contribution in [0.5, 0.6) is 5.75 Å². The molecule has 0 saturated heterocycles. The molecular formula is C25H35N3O5S. The van der Waals surface area contributed by atoms with Crippen molar-refractivity contribution in [3.05, 3.63) is 59.2 Å². The topological polar surface area (TPSA) is 96.0 Å². The van der Waals surface area contributed by atoms with Gasteiger partial charge >= 0.3 is 0 Å². The Labute approximate surface area is 202 Å². The lowest BCUT2D eigenvalue weighted by atomic mass is 10.1. The minimum absolute atomic E-state index is 0.0994. The summed E-state index contributed by atoms with van der Waals surface area (Å²) >= 11 is 0. The average Bonchev–Trinajstić information content (AvgIpc) is 2.80. The summed E-state index contributed by atoms with van der Waals surface area (Å²) in [6, 6.07) is 12.3. The number of carbonyl (C=O) groups is 2. The minimum atomic E-state index is -3.53. The number of sulfonamides is 1. The van der Waals surface area contributed by atoms with Gasteiger partial charge in [0.2, 0.25) is 21.8 Å². The summed E-state index contributed by atoms with van der Waals surface area (Å²) in [5.41, 5.74) is 3.24. The quantitative estimate of drug-likeness (QED) is 0.523. The maximum absolute atomic E-state index is 13.2. The Hall–Kier alpha value is -3.07. The third-order valence-electron chi connectivity index (χ3n) is 5.69. The van der Waals surface area contributed by atoms with Crippen LogP contribution >= 0.6 is 0 Å². The smallest absolute Gasteiger partial charge is 0.242 e. The van der Waals surface area contributed by atoms with Crippen molar-refractivity contribution in [1.29, 1.82) is 0 Å². The Bertz CT molecular complexity index is 1120. The Morgan fingerprint density at radius 1 is 1.12 bits per heavy atom. The molecule has 0 saturated carbocycles. The van der Waals surface area contributed by atoms with Gasteiger partial charge in [0.1, 0.15) is 11.8 Å². The summed E-state index contributed by atoms with van der Waals surface area (Å²) < 4.78 is 31.6. The van der Waals surface area contributed by atoms with Gasteiger partial charge in [-0.3, -0.25) is 13.9 Å². The third kappa shape index (κ3) is 7.21. The SMILES string of the molecule is CNC(=O)[C@@H](C)N(Cc1cccc(OC)c1)C(=O)CCCN(c1cc(C)ccc1C)S(C)(=O)=O. The van der Waals surface area contributed by atoms with Gasteiger partial charge in [0, 0.05) is 26.6 Å². The van der Waals surface area contributed by atoms with Crippen LogP contribution in [0, 0.1) is 13.8 Å². The van der Waals surface area contributed by atoms with Gasteiger partial charge in [0.05, 0.1) is 19.1 Å². The first-order valence-electron chi connectivity index (χ1n) is 11.2. The van der Waals surface area contributed by atoms with Crippen LogP contribution < -0.4 is 14.4 Å². The van der Waals surface area contributed by atoms with E-state index in [4.69, 9.17) is 4.74 Å². The summed E-state index contributed by atoms with van der Waals surface area (Å²) in [6.07, 6.45) is 1.58. The molecule has 0 aliphatic carbocycles. The Morgan fingerprint density at radius 2 is 1.82 bits per heavy atom. The van der Waals surface area contributed by atoms with E-state index in [2.05, 4.69) is 5.32 Å². The molecule has 0 aliphatic rings. The fraction of sp³-hybridized carbons (Fsp3) is 0.440. The van der Waals surface area contributed by atoms with E-state index < -0.39 is 16.1 Å². The molecule has 2 amide bonds. The third-order valence-corrected chi connectivity index (χ3v) is 6.87. The molecule has 0 aromatic heterocycles. The van der Waals surface area contributed by atoms with E-state index in [0.717, 1.165) is 16.7 Å². The summed E-state index contributed by atoms with van der Waals surface area (Å²) in [5, 5.41) is 2.59. The molecule has 9 heteroatoms. The molecule has 186 valence electrons. The molecule has 0 unspecified atom stereocenters. The highest BCUT2D eigenvalue weighted by molar-refractivity contribution is 7.92. The van der Waals surface area contributed by atoms with Crippen LogP contribution in [0.25, 0.3) is 0 Å². The highest BCUT2D eigenvalue weighted by Crippen LogP contribution is 2.25. The van der Waals surface area contributed by atoms with E-state index in [1.807, 2.05) is 56.3 Å². The lowest BCUT2D eigenvalue weighted by Crippen LogP contribution is -2.46. The second-order valence-electron chi connectivity index (χ2n) is 8.39. The number of carbonyl (C=O) groups excluding carboxylic acids is 2. The van der Waals surface area contributed by atoms with Crippen LogP contribution in [0.4, 0.5) is 5.69 Å². The Kier molecular flexibility index (Phi) is 9.49. The van der Waals surface area contributed by atoms with Crippen molar-refractivity contribution >= 4 is 27.5 Å². The highest BCUT2D eigenvalue weighted by atomic mass is 32.2. The van der Waals surface area contributed by atoms with Crippen LogP contribution in [-0.4, -0.2) is 58.1 Å². The van der Waals surface area contributed by atoms with Gasteiger partial charge in [-0.2, -0.15) is 0 Å². The molecule has 0 heterocycles. The minimum Gasteiger partial charge on any atom is -0.497 e. The normalized spacial score (nSPS) is 12.1. The van der Waals surface area contributed by atoms with Crippen LogP contribution in [0.2, 0.25) is 0 Å². The number of methoxy groups -OCH3 is 1. The van der Waals surface area contributed by atoms with Crippen molar-refractivity contribution in [2.24, 2.45) is 0 Å². The number of ether oxygens (including phenoxy) is 1. The first kappa shape index (κ1) is 27.2. The zero-order chi connectivity index (χ0) is 25.5. The number of likely N-dealkylation sites (N-methyl/N-ethyl adjacent to an activating group) is 1. The van der Waals surface area contributed by atoms with Gasteiger partial charge < -0.3 is 15.0 Å². The molecule has 0 spiro atoms. The molecule has 34 heavy (non-hydrogen) atoms. The lowest BCUT2D eigenvalue weighted by Gasteiger charge is -2.29. The number of nitrogens with zero attached hydrogens (tertiary/aromatic N) is 2. The molecule has 2 rings (SSSR count). The number of hydrogen-bond acceptors (Lipinski definition) is 5. The maximum atomic E-state index is 13.2. The molecular weight excluding hydrogens is 454 g/mol. The van der Waals surface area contributed by atoms with Gasteiger partial charge in [-0.05, 0) is 62.1 Å². The van der Waals surface area contributed by atoms with Gasteiger partial charge in [0.25, 0.3) is 0 Å². The van der Waals surface area contributed by atoms with Crippen molar-refractivity contribution in [2.45, 2.75) is 46.2 Å². The van der Waals surface area contributed by atoms with Crippen LogP contribution in [0.3, 0.4) is 0 Å². The Morgan fingerprint density at radius 3 is 2.44 bits per heavy atom. The van der Waals surface area contributed by atoms with Crippen molar-refractivity contribution < 1.29 is 22.7 Å². The first-order chi connectivity index (χ1) is 16.0. The maximum Gasteiger partial charge on any atom is 0.242 e. The van der Waals surface area contributed by atoms with E-state index in [9.17, 15) is 18.0 Å². The molecule has 2 aromatic carbocycles. The lowest BCUT2D eigenvalue weighted by molar-refractivity contribution is -0.140. The van der Waals surface area contributed by atoms with Gasteiger partial charge in [-0.1, -0.05) is 24.3 Å². The molecule has 0 fully saturated rings. The standard InChI is InChI=1S/C25H35N3O5S/c1-18-12-13-19(2)23(15-18)28(34(6,31)32)14-8-11-24(29)27(20(3)25(30)26-4)17-21-9-7-10-22(16-21)33-5/h7,9-10,12-13,15-16,20H,8,11,14,17H2,1-6H3,(H,26,30)/t20-/m1/s1. The zero-order valence-corrected chi connectivity index (χ0v) is 21.6.